The Morgan fingerprint density at radius 2 is 1.65 bits per heavy atom. The largest absolute Gasteiger partial charge is 0.508 e. The number of rotatable bonds is 14. The molecule has 4 aliphatic rings. The molecule has 3 heterocycles. The monoisotopic (exact) mass is 834 g/mol. The molecule has 0 unspecified atom stereocenters. The summed E-state index contributed by atoms with van der Waals surface area (Å²) in [7, 11) is 1.41. The van der Waals surface area contributed by atoms with Crippen LogP contribution in [0.3, 0.4) is 0 Å². The van der Waals surface area contributed by atoms with Crippen LogP contribution in [0.2, 0.25) is 0 Å². The number of aliphatic hydroxyl groups is 4. The van der Waals surface area contributed by atoms with E-state index in [2.05, 4.69) is 6.92 Å². The number of hydrogen-bond donors (Lipinski definition) is 8. The third-order valence-corrected chi connectivity index (χ3v) is 11.3. The molecule has 0 bridgehead atoms. The number of hydrogen-bond acceptors (Lipinski definition) is 14. The smallest absolute Gasteiger partial charge is 0.303 e. The Hall–Kier alpha value is -5.48. The summed E-state index contributed by atoms with van der Waals surface area (Å²) < 4.78 is 28.9. The molecular weight excluding hydrogens is 780 g/mol. The molecule has 3 aromatic carbocycles. The van der Waals surface area contributed by atoms with Crippen molar-refractivity contribution in [2.75, 3.05) is 13.7 Å². The molecule has 8 N–H and O–H groups in total. The molecule has 1 saturated heterocycles. The number of ketones is 1. The summed E-state index contributed by atoms with van der Waals surface area (Å²) in [4.78, 5) is 23.3. The molecule has 0 spiro atoms. The third kappa shape index (κ3) is 10.1. The second kappa shape index (κ2) is 19.7. The minimum absolute atomic E-state index is 0.0238. The van der Waals surface area contributed by atoms with Crippen LogP contribution in [-0.2, 0) is 9.53 Å². The lowest BCUT2D eigenvalue weighted by Crippen LogP contribution is -2.37. The third-order valence-electron chi connectivity index (χ3n) is 11.3. The molecule has 324 valence electrons. The van der Waals surface area contributed by atoms with E-state index in [1.165, 1.54) is 19.2 Å². The maximum absolute atomic E-state index is 12.7. The number of carbonyl (C=O) groups is 2. The van der Waals surface area contributed by atoms with Gasteiger partial charge in [0.15, 0.2) is 47.4 Å². The van der Waals surface area contributed by atoms with Crippen LogP contribution in [-0.4, -0.2) is 96.8 Å². The van der Waals surface area contributed by atoms with Crippen LogP contribution in [0.25, 0.3) is 0 Å². The van der Waals surface area contributed by atoms with E-state index in [4.69, 9.17) is 28.8 Å². The zero-order valence-corrected chi connectivity index (χ0v) is 33.6. The lowest BCUT2D eigenvalue weighted by Gasteiger charge is -2.35. The molecule has 3 aliphatic heterocycles. The van der Waals surface area contributed by atoms with Gasteiger partial charge in [-0.05, 0) is 55.2 Å². The summed E-state index contributed by atoms with van der Waals surface area (Å²) in [5.74, 6) is -0.394. The SMILES string of the molecule is CCCCC[C@H](O)/C=C/[C@@H]1[C@H]2C/C(=C/CCCC(=O)O)O[C@H]2C[C@H]1O.COc1cc([C@H]2Oc3cc([C@H]4Oc5cc(O)cc(O)c5C(=O)[C@@H]4O)ccc3O[C@@H]2CO)ccc1O. The Balaban J connectivity index is 0.000000214. The number of aliphatic carboxylic acids is 1. The Kier molecular flexibility index (Phi) is 14.5. The Morgan fingerprint density at radius 3 is 2.38 bits per heavy atom. The van der Waals surface area contributed by atoms with E-state index >= 15 is 0 Å². The molecule has 1 aliphatic carbocycles. The van der Waals surface area contributed by atoms with Gasteiger partial charge in [-0.15, -0.1) is 0 Å². The first-order chi connectivity index (χ1) is 28.8. The number of Topliss-reactive ketones (excluding diaryl/α,β-unsaturated/α-hetero) is 1. The maximum atomic E-state index is 12.7. The van der Waals surface area contributed by atoms with Crippen molar-refractivity contribution in [3.63, 3.8) is 0 Å². The van der Waals surface area contributed by atoms with Gasteiger partial charge in [-0.2, -0.15) is 0 Å². The van der Waals surface area contributed by atoms with Crippen molar-refractivity contribution in [3.8, 4) is 40.2 Å². The number of phenolic OH excluding ortho intramolecular Hbond substituents is 3. The van der Waals surface area contributed by atoms with Crippen molar-refractivity contribution in [2.24, 2.45) is 11.8 Å². The fourth-order valence-corrected chi connectivity index (χ4v) is 8.14. The van der Waals surface area contributed by atoms with E-state index in [9.17, 15) is 45.3 Å². The van der Waals surface area contributed by atoms with Crippen molar-refractivity contribution in [2.45, 2.75) is 107 Å². The first-order valence-corrected chi connectivity index (χ1v) is 20.3. The molecule has 0 radical (unpaired) electrons. The standard InChI is InChI=1S/C25H22O10.C20H32O5/c1-32-17-6-11(2-4-14(17)28)24-20(10-26)33-16-5-3-12(7-18(16)34-24)25-23(31)22(30)21-15(29)8-13(27)9-19(21)35-25;1-2-3-4-7-14(21)10-11-16-17-12-15(8-5-6-9-20(23)24)25-19(17)13-18(16)22/h2-9,20,23-29,31H,10H2,1H3;8,10-11,14,16-19,21-22H,2-7,9,12-13H2,1H3,(H,23,24)/b;11-10+,15-8-/t20-,23+,24-,25-;14-,16+,17+,18+,19-/m10/s1. The van der Waals surface area contributed by atoms with Crippen LogP contribution < -0.4 is 18.9 Å². The van der Waals surface area contributed by atoms with Gasteiger partial charge in [0.05, 0.1) is 31.7 Å². The molecule has 1 saturated carbocycles. The zero-order chi connectivity index (χ0) is 43.1. The molecule has 3 aromatic rings. The predicted octanol–water partition coefficient (Wildman–Crippen LogP) is 5.77. The van der Waals surface area contributed by atoms with Gasteiger partial charge in [-0.25, -0.2) is 0 Å². The number of benzene rings is 3. The van der Waals surface area contributed by atoms with E-state index < -0.39 is 54.1 Å². The summed E-state index contributed by atoms with van der Waals surface area (Å²) >= 11 is 0. The van der Waals surface area contributed by atoms with Crippen molar-refractivity contribution >= 4 is 11.8 Å². The number of phenols is 3. The Labute approximate surface area is 347 Å². The van der Waals surface area contributed by atoms with Crippen molar-refractivity contribution in [1.82, 2.24) is 0 Å². The first-order valence-electron chi connectivity index (χ1n) is 20.3. The van der Waals surface area contributed by atoms with E-state index in [-0.39, 0.29) is 65.3 Å². The number of aliphatic hydroxyl groups excluding tert-OH is 4. The lowest BCUT2D eigenvalue weighted by molar-refractivity contribution is -0.137. The molecule has 7 rings (SSSR count). The van der Waals surface area contributed by atoms with Crippen LogP contribution in [0, 0.1) is 11.8 Å². The van der Waals surface area contributed by atoms with Gasteiger partial charge < -0.3 is 64.5 Å². The fraction of sp³-hybridized carbons (Fsp3) is 0.467. The van der Waals surface area contributed by atoms with Crippen LogP contribution in [0.4, 0.5) is 0 Å². The molecule has 9 atom stereocenters. The van der Waals surface area contributed by atoms with Gasteiger partial charge in [0.2, 0.25) is 5.78 Å². The van der Waals surface area contributed by atoms with Gasteiger partial charge in [0, 0.05) is 48.8 Å². The summed E-state index contributed by atoms with van der Waals surface area (Å²) in [6.45, 7) is 1.79. The summed E-state index contributed by atoms with van der Waals surface area (Å²) in [6.07, 6.45) is 7.68. The van der Waals surface area contributed by atoms with Crippen molar-refractivity contribution < 1.29 is 74.1 Å². The Bertz CT molecular complexity index is 2040. The summed E-state index contributed by atoms with van der Waals surface area (Å²) in [5, 5.41) is 79.2. The van der Waals surface area contributed by atoms with Gasteiger partial charge in [0.25, 0.3) is 0 Å². The number of aromatic hydroxyl groups is 3. The highest BCUT2D eigenvalue weighted by molar-refractivity contribution is 6.05. The maximum Gasteiger partial charge on any atom is 0.303 e. The predicted molar refractivity (Wildman–Crippen MR) is 215 cm³/mol. The number of carboxylic acids is 1. The van der Waals surface area contributed by atoms with E-state index in [0.717, 1.165) is 43.9 Å². The first kappa shape index (κ1) is 44.1. The molecule has 15 heteroatoms. The minimum atomic E-state index is -1.62. The van der Waals surface area contributed by atoms with Crippen LogP contribution in [0.1, 0.15) is 98.4 Å². The zero-order valence-electron chi connectivity index (χ0n) is 33.6. The summed E-state index contributed by atoms with van der Waals surface area (Å²) in [5.41, 5.74) is 0.751. The molecular formula is C45H54O15. The van der Waals surface area contributed by atoms with Gasteiger partial charge in [-0.1, -0.05) is 50.5 Å². The molecule has 0 aromatic heterocycles. The molecule has 60 heavy (non-hydrogen) atoms. The quantitative estimate of drug-likeness (QED) is 0.0710. The van der Waals surface area contributed by atoms with Gasteiger partial charge >= 0.3 is 5.97 Å². The van der Waals surface area contributed by atoms with Crippen LogP contribution in [0.15, 0.2) is 72.5 Å². The topological polar surface area (TPSA) is 242 Å². The normalized spacial score (nSPS) is 26.4. The lowest BCUT2D eigenvalue weighted by atomic mass is 9.90. The number of ether oxygens (including phenoxy) is 5. The number of allylic oxidation sites excluding steroid dienone is 2. The van der Waals surface area contributed by atoms with Gasteiger partial charge in [-0.3, -0.25) is 9.59 Å². The van der Waals surface area contributed by atoms with Crippen LogP contribution >= 0.6 is 0 Å². The average molecular weight is 835 g/mol. The molecule has 0 amide bonds. The highest BCUT2D eigenvalue weighted by Gasteiger charge is 2.47. The average Bonchev–Trinajstić information content (AvgIpc) is 3.75. The fourth-order valence-electron chi connectivity index (χ4n) is 8.14. The number of methoxy groups -OCH3 is 1. The van der Waals surface area contributed by atoms with E-state index in [1.54, 1.807) is 30.3 Å². The molecule has 15 nitrogen and oxygen atoms in total. The van der Waals surface area contributed by atoms with Crippen LogP contribution in [0.5, 0.6) is 40.2 Å². The van der Waals surface area contributed by atoms with E-state index in [1.807, 2.05) is 18.2 Å². The number of unbranched alkanes of at least 4 members (excludes halogenated alkanes) is 3. The summed E-state index contributed by atoms with van der Waals surface area (Å²) in [6, 6.07) is 11.5. The minimum Gasteiger partial charge on any atom is -0.508 e. The Morgan fingerprint density at radius 1 is 0.900 bits per heavy atom. The highest BCUT2D eigenvalue weighted by Crippen LogP contribution is 2.47. The number of carboxylic acid groups (broad SMARTS) is 1. The highest BCUT2D eigenvalue weighted by atomic mass is 16.6. The number of carbonyl (C=O) groups excluding carboxylic acids is 1. The van der Waals surface area contributed by atoms with Gasteiger partial charge in [0.1, 0.15) is 28.9 Å². The number of fused-ring (bicyclic) bond motifs is 3. The second-order valence-corrected chi connectivity index (χ2v) is 15.5. The van der Waals surface area contributed by atoms with Crippen molar-refractivity contribution in [3.05, 3.63) is 89.2 Å². The second-order valence-electron chi connectivity index (χ2n) is 15.5. The van der Waals surface area contributed by atoms with E-state index in [0.29, 0.717) is 36.1 Å². The van der Waals surface area contributed by atoms with Crippen molar-refractivity contribution in [1.29, 1.82) is 0 Å². The molecule has 2 fully saturated rings.